The Morgan fingerprint density at radius 2 is 1.38 bits per heavy atom. The molecule has 2 rings (SSSR count). The monoisotopic (exact) mass is 394 g/mol. The normalized spacial score (nSPS) is 12.5. The van der Waals surface area contributed by atoms with Crippen LogP contribution in [0.15, 0.2) is 42.5 Å². The minimum atomic E-state index is -0.334. The highest BCUT2D eigenvalue weighted by Crippen LogP contribution is 2.24. The zero-order valence-corrected chi connectivity index (χ0v) is 18.8. The Balaban J connectivity index is 2.47. The maximum Gasteiger partial charge on any atom is 0.275 e. The summed E-state index contributed by atoms with van der Waals surface area (Å²) in [6.07, 6.45) is 1.82. The summed E-state index contributed by atoms with van der Waals surface area (Å²) in [6, 6.07) is 13.0. The van der Waals surface area contributed by atoms with Gasteiger partial charge < -0.3 is 0 Å². The molecule has 0 heterocycles. The molecule has 1 N–H and O–H groups in total. The van der Waals surface area contributed by atoms with Crippen molar-refractivity contribution in [1.82, 2.24) is 10.4 Å². The quantitative estimate of drug-likeness (QED) is 0.511. The molecule has 0 aliphatic rings. The van der Waals surface area contributed by atoms with Gasteiger partial charge in [0.05, 0.1) is 0 Å². The number of aryl methyl sites for hydroxylation is 3. The molecule has 0 fully saturated rings. The zero-order chi connectivity index (χ0) is 21.8. The molecule has 4 heteroatoms. The Morgan fingerprint density at radius 1 is 0.862 bits per heavy atom. The van der Waals surface area contributed by atoms with Gasteiger partial charge in [-0.25, -0.2) is 10.4 Å². The number of hydrazine groups is 1. The summed E-state index contributed by atoms with van der Waals surface area (Å²) in [5.74, 6) is -0.660. The molecule has 2 aromatic carbocycles. The first-order chi connectivity index (χ1) is 13.5. The Kier molecular flexibility index (Phi) is 7.37. The number of amides is 2. The lowest BCUT2D eigenvalue weighted by atomic mass is 9.84. The molecule has 2 amide bonds. The number of carbonyl (C=O) groups excluding carboxylic acids is 2. The number of carbonyl (C=O) groups is 2. The van der Waals surface area contributed by atoms with E-state index in [0.717, 1.165) is 29.5 Å². The number of nitrogens with zero attached hydrogens (tertiary/aromatic N) is 1. The molecule has 2 aromatic rings. The van der Waals surface area contributed by atoms with Crippen molar-refractivity contribution in [2.24, 2.45) is 5.41 Å². The van der Waals surface area contributed by atoms with Gasteiger partial charge in [-0.1, -0.05) is 69.0 Å². The van der Waals surface area contributed by atoms with E-state index in [1.54, 1.807) is 12.1 Å². The van der Waals surface area contributed by atoms with Crippen LogP contribution in [-0.4, -0.2) is 22.9 Å². The summed E-state index contributed by atoms with van der Waals surface area (Å²) >= 11 is 0. The summed E-state index contributed by atoms with van der Waals surface area (Å²) in [5, 5.41) is 1.21. The van der Waals surface area contributed by atoms with Crippen LogP contribution >= 0.6 is 0 Å². The molecule has 0 radical (unpaired) electrons. The molecular weight excluding hydrogens is 360 g/mol. The summed E-state index contributed by atoms with van der Waals surface area (Å²) in [6.45, 7) is 14.4. The molecule has 0 aliphatic heterocycles. The van der Waals surface area contributed by atoms with Gasteiger partial charge in [-0.15, -0.1) is 0 Å². The molecule has 0 saturated heterocycles. The first-order valence-electron chi connectivity index (χ1n) is 10.3. The minimum Gasteiger partial charge on any atom is -0.267 e. The third kappa shape index (κ3) is 6.01. The van der Waals surface area contributed by atoms with Crippen molar-refractivity contribution in [3.8, 4) is 0 Å². The van der Waals surface area contributed by atoms with Crippen LogP contribution < -0.4 is 5.43 Å². The van der Waals surface area contributed by atoms with Crippen molar-refractivity contribution in [1.29, 1.82) is 0 Å². The van der Waals surface area contributed by atoms with Gasteiger partial charge in [-0.2, -0.15) is 0 Å². The van der Waals surface area contributed by atoms with E-state index in [0.29, 0.717) is 11.1 Å². The number of hydrogen-bond acceptors (Lipinski definition) is 3. The predicted molar refractivity (Wildman–Crippen MR) is 119 cm³/mol. The standard InChI is InChI=1S/C25H34N2O2/c1-8-9-22(25(5,6)7)26-27(23(28)20-12-10-17(2)11-13-20)24(29)21-15-18(3)14-19(4)16-21/h10-16,22,26H,8-9H2,1-7H3/t22-/m0/s1. The van der Waals surface area contributed by atoms with E-state index in [2.05, 4.69) is 33.1 Å². The molecule has 0 spiro atoms. The van der Waals surface area contributed by atoms with Crippen LogP contribution in [0.3, 0.4) is 0 Å². The number of nitrogens with one attached hydrogen (secondary N) is 1. The SMILES string of the molecule is CCC[C@H](NN(C(=O)c1ccc(C)cc1)C(=O)c1cc(C)cc(C)c1)C(C)(C)C. The fourth-order valence-corrected chi connectivity index (χ4v) is 3.40. The topological polar surface area (TPSA) is 49.4 Å². The van der Waals surface area contributed by atoms with Crippen molar-refractivity contribution >= 4 is 11.8 Å². The highest BCUT2D eigenvalue weighted by Gasteiger charge is 2.31. The maximum atomic E-state index is 13.4. The molecule has 0 saturated carbocycles. The maximum absolute atomic E-state index is 13.4. The zero-order valence-electron chi connectivity index (χ0n) is 18.8. The van der Waals surface area contributed by atoms with Gasteiger partial charge in [-0.05, 0) is 56.9 Å². The Labute approximate surface area is 175 Å². The molecule has 0 aliphatic carbocycles. The average molecular weight is 395 g/mol. The first kappa shape index (κ1) is 22.8. The number of benzene rings is 2. The van der Waals surface area contributed by atoms with Crippen molar-refractivity contribution in [2.45, 2.75) is 67.3 Å². The van der Waals surface area contributed by atoms with Gasteiger partial charge in [0.2, 0.25) is 0 Å². The Morgan fingerprint density at radius 3 is 1.86 bits per heavy atom. The van der Waals surface area contributed by atoms with Crippen molar-refractivity contribution in [3.63, 3.8) is 0 Å². The fourth-order valence-electron chi connectivity index (χ4n) is 3.40. The Hall–Kier alpha value is -2.46. The predicted octanol–water partition coefficient (Wildman–Crippen LogP) is 5.61. The van der Waals surface area contributed by atoms with E-state index < -0.39 is 0 Å². The molecule has 0 aromatic heterocycles. The summed E-state index contributed by atoms with van der Waals surface area (Å²) in [7, 11) is 0. The highest BCUT2D eigenvalue weighted by atomic mass is 16.2. The number of rotatable bonds is 6. The van der Waals surface area contributed by atoms with Crippen LogP contribution in [0.5, 0.6) is 0 Å². The lowest BCUT2D eigenvalue weighted by Crippen LogP contribution is -2.55. The molecule has 156 valence electrons. The van der Waals surface area contributed by atoms with Crippen molar-refractivity contribution in [2.75, 3.05) is 0 Å². The van der Waals surface area contributed by atoms with E-state index in [1.807, 2.05) is 51.1 Å². The van der Waals surface area contributed by atoms with E-state index in [-0.39, 0.29) is 23.3 Å². The van der Waals surface area contributed by atoms with Crippen molar-refractivity contribution < 1.29 is 9.59 Å². The number of hydrogen-bond donors (Lipinski definition) is 1. The van der Waals surface area contributed by atoms with Crippen LogP contribution in [0.25, 0.3) is 0 Å². The summed E-state index contributed by atoms with van der Waals surface area (Å²) in [4.78, 5) is 26.8. The molecule has 0 unspecified atom stereocenters. The van der Waals surface area contributed by atoms with E-state index in [9.17, 15) is 9.59 Å². The third-order valence-electron chi connectivity index (χ3n) is 5.08. The van der Waals surface area contributed by atoms with Crippen molar-refractivity contribution in [3.05, 3.63) is 70.3 Å². The third-order valence-corrected chi connectivity index (χ3v) is 5.08. The van der Waals surface area contributed by atoms with E-state index >= 15 is 0 Å². The summed E-state index contributed by atoms with van der Waals surface area (Å²) in [5.41, 5.74) is 7.24. The fraction of sp³-hybridized carbons (Fsp3) is 0.440. The van der Waals surface area contributed by atoms with E-state index in [1.165, 1.54) is 5.01 Å². The van der Waals surface area contributed by atoms with Gasteiger partial charge in [0, 0.05) is 17.2 Å². The lowest BCUT2D eigenvalue weighted by Gasteiger charge is -2.35. The van der Waals surface area contributed by atoms with Gasteiger partial charge in [0.1, 0.15) is 0 Å². The molecule has 0 bridgehead atoms. The smallest absolute Gasteiger partial charge is 0.267 e. The van der Waals surface area contributed by atoms with Crippen LogP contribution in [0.2, 0.25) is 0 Å². The molecule has 4 nitrogen and oxygen atoms in total. The second-order valence-corrected chi connectivity index (χ2v) is 9.02. The van der Waals surface area contributed by atoms with Crippen LogP contribution in [0, 0.1) is 26.2 Å². The lowest BCUT2D eigenvalue weighted by molar-refractivity contribution is 0.0425. The molecule has 1 atom stereocenters. The molecule has 29 heavy (non-hydrogen) atoms. The van der Waals surface area contributed by atoms with Gasteiger partial charge in [-0.3, -0.25) is 9.59 Å². The molecular formula is C25H34N2O2. The first-order valence-corrected chi connectivity index (χ1v) is 10.3. The minimum absolute atomic E-state index is 0.0169. The van der Waals surface area contributed by atoms with E-state index in [4.69, 9.17) is 0 Å². The average Bonchev–Trinajstić information content (AvgIpc) is 2.63. The second kappa shape index (κ2) is 9.36. The largest absolute Gasteiger partial charge is 0.275 e. The van der Waals surface area contributed by atoms with Crippen LogP contribution in [-0.2, 0) is 0 Å². The Bertz CT molecular complexity index is 843. The highest BCUT2D eigenvalue weighted by molar-refractivity contribution is 6.10. The number of imide groups is 1. The van der Waals surface area contributed by atoms with Gasteiger partial charge in [0.25, 0.3) is 11.8 Å². The van der Waals surface area contributed by atoms with Crippen LogP contribution in [0.1, 0.15) is 77.9 Å². The summed E-state index contributed by atoms with van der Waals surface area (Å²) < 4.78 is 0. The van der Waals surface area contributed by atoms with Gasteiger partial charge in [0.15, 0.2) is 0 Å². The second-order valence-electron chi connectivity index (χ2n) is 9.02. The van der Waals surface area contributed by atoms with Gasteiger partial charge >= 0.3 is 0 Å². The van der Waals surface area contributed by atoms with Crippen LogP contribution in [0.4, 0.5) is 0 Å².